The van der Waals surface area contributed by atoms with E-state index < -0.39 is 0 Å². The predicted octanol–water partition coefficient (Wildman–Crippen LogP) is 2.93. The summed E-state index contributed by atoms with van der Waals surface area (Å²) in [5.74, 6) is 0.768. The van der Waals surface area contributed by atoms with Gasteiger partial charge in [0, 0.05) is 5.88 Å². The lowest BCUT2D eigenvalue weighted by molar-refractivity contribution is -0.104. The lowest BCUT2D eigenvalue weighted by Crippen LogP contribution is -1.77. The quantitative estimate of drug-likeness (QED) is 0.251. The molecule has 0 saturated heterocycles. The van der Waals surface area contributed by atoms with Gasteiger partial charge in [-0.25, -0.2) is 0 Å². The molecule has 64 valence electrons. The molecule has 0 spiro atoms. The van der Waals surface area contributed by atoms with Gasteiger partial charge in [-0.1, -0.05) is 18.9 Å². The van der Waals surface area contributed by atoms with Crippen LogP contribution in [0.5, 0.6) is 0 Å². The van der Waals surface area contributed by atoms with E-state index in [2.05, 4.69) is 0 Å². The van der Waals surface area contributed by atoms with E-state index in [1.54, 1.807) is 6.08 Å². The van der Waals surface area contributed by atoms with E-state index in [-0.39, 0.29) is 0 Å². The molecule has 0 aliphatic heterocycles. The van der Waals surface area contributed by atoms with Gasteiger partial charge in [-0.15, -0.1) is 11.6 Å². The fourth-order valence-corrected chi connectivity index (χ4v) is 1.05. The van der Waals surface area contributed by atoms with Gasteiger partial charge in [0.1, 0.15) is 6.29 Å². The lowest BCUT2D eigenvalue weighted by Gasteiger charge is -1.94. The number of alkyl halides is 1. The summed E-state index contributed by atoms with van der Waals surface area (Å²) in [4.78, 5) is 9.84. The van der Waals surface area contributed by atoms with Crippen LogP contribution < -0.4 is 0 Å². The third kappa shape index (κ3) is 9.70. The van der Waals surface area contributed by atoms with Gasteiger partial charge in [0.2, 0.25) is 0 Å². The van der Waals surface area contributed by atoms with Crippen molar-refractivity contribution in [2.24, 2.45) is 0 Å². The zero-order valence-electron chi connectivity index (χ0n) is 6.76. The average molecular weight is 175 g/mol. The Kier molecular flexibility index (Phi) is 9.44. The Morgan fingerprint density at radius 3 is 2.45 bits per heavy atom. The SMILES string of the molecule is O=CC=CCCCCCCCl. The maximum atomic E-state index is 9.84. The summed E-state index contributed by atoms with van der Waals surface area (Å²) in [6.07, 6.45) is 10.0. The Balaban J connectivity index is 2.90. The first-order chi connectivity index (χ1) is 5.41. The maximum absolute atomic E-state index is 9.84. The molecule has 0 aromatic rings. The van der Waals surface area contributed by atoms with Gasteiger partial charge < -0.3 is 0 Å². The smallest absolute Gasteiger partial charge is 0.142 e. The van der Waals surface area contributed by atoms with Crippen molar-refractivity contribution in [3.8, 4) is 0 Å². The highest BCUT2D eigenvalue weighted by atomic mass is 35.5. The second-order valence-electron chi connectivity index (χ2n) is 2.46. The number of unbranched alkanes of at least 4 members (excludes halogenated alkanes) is 4. The minimum atomic E-state index is 0.768. The van der Waals surface area contributed by atoms with Crippen molar-refractivity contribution in [2.45, 2.75) is 32.1 Å². The van der Waals surface area contributed by atoms with Crippen molar-refractivity contribution in [3.63, 3.8) is 0 Å². The van der Waals surface area contributed by atoms with Gasteiger partial charge in [0.05, 0.1) is 0 Å². The van der Waals surface area contributed by atoms with Crippen LogP contribution in [0.3, 0.4) is 0 Å². The molecule has 0 saturated carbocycles. The molecule has 0 heterocycles. The van der Waals surface area contributed by atoms with Crippen molar-refractivity contribution < 1.29 is 4.79 Å². The standard InChI is InChI=1S/C9H15ClO/c10-8-6-4-2-1-3-5-7-9-11/h5,7,9H,1-4,6,8H2. The lowest BCUT2D eigenvalue weighted by atomic mass is 10.1. The van der Waals surface area contributed by atoms with Crippen LogP contribution in [0.4, 0.5) is 0 Å². The van der Waals surface area contributed by atoms with Crippen LogP contribution in [0.2, 0.25) is 0 Å². The molecule has 0 atom stereocenters. The Labute approximate surface area is 73.4 Å². The summed E-state index contributed by atoms with van der Waals surface area (Å²) in [7, 11) is 0. The summed E-state index contributed by atoms with van der Waals surface area (Å²) in [5, 5.41) is 0. The van der Waals surface area contributed by atoms with Crippen LogP contribution in [0.15, 0.2) is 12.2 Å². The van der Waals surface area contributed by atoms with E-state index in [0.29, 0.717) is 0 Å². The van der Waals surface area contributed by atoms with E-state index in [0.717, 1.165) is 25.0 Å². The van der Waals surface area contributed by atoms with Crippen LogP contribution in [-0.2, 0) is 4.79 Å². The number of carbonyl (C=O) groups excluding carboxylic acids is 1. The van der Waals surface area contributed by atoms with Crippen molar-refractivity contribution in [1.82, 2.24) is 0 Å². The minimum absolute atomic E-state index is 0.768. The topological polar surface area (TPSA) is 17.1 Å². The number of halogens is 1. The Morgan fingerprint density at radius 2 is 1.82 bits per heavy atom. The van der Waals surface area contributed by atoms with Crippen molar-refractivity contribution in [1.29, 1.82) is 0 Å². The van der Waals surface area contributed by atoms with E-state index >= 15 is 0 Å². The van der Waals surface area contributed by atoms with E-state index in [1.165, 1.54) is 19.3 Å². The van der Waals surface area contributed by atoms with Crippen molar-refractivity contribution in [3.05, 3.63) is 12.2 Å². The molecule has 0 unspecified atom stereocenters. The fraction of sp³-hybridized carbons (Fsp3) is 0.667. The summed E-state index contributed by atoms with van der Waals surface area (Å²) >= 11 is 5.50. The van der Waals surface area contributed by atoms with Gasteiger partial charge in [-0.3, -0.25) is 4.79 Å². The molecule has 0 radical (unpaired) electrons. The number of hydrogen-bond donors (Lipinski definition) is 0. The van der Waals surface area contributed by atoms with Crippen LogP contribution in [0.25, 0.3) is 0 Å². The highest BCUT2D eigenvalue weighted by Gasteiger charge is 1.86. The summed E-state index contributed by atoms with van der Waals surface area (Å²) in [5.41, 5.74) is 0. The Hall–Kier alpha value is -0.300. The molecule has 0 fully saturated rings. The van der Waals surface area contributed by atoms with Crippen molar-refractivity contribution in [2.75, 3.05) is 5.88 Å². The monoisotopic (exact) mass is 174 g/mol. The molecule has 0 N–H and O–H groups in total. The first-order valence-corrected chi connectivity index (χ1v) is 4.61. The number of hydrogen-bond acceptors (Lipinski definition) is 1. The molecular weight excluding hydrogens is 160 g/mol. The van der Waals surface area contributed by atoms with E-state index in [1.807, 2.05) is 6.08 Å². The van der Waals surface area contributed by atoms with E-state index in [4.69, 9.17) is 11.6 Å². The second kappa shape index (κ2) is 9.70. The second-order valence-corrected chi connectivity index (χ2v) is 2.83. The third-order valence-electron chi connectivity index (χ3n) is 1.47. The predicted molar refractivity (Wildman–Crippen MR) is 49.0 cm³/mol. The maximum Gasteiger partial charge on any atom is 0.142 e. The van der Waals surface area contributed by atoms with Gasteiger partial charge >= 0.3 is 0 Å². The number of aldehydes is 1. The zero-order valence-corrected chi connectivity index (χ0v) is 7.52. The van der Waals surface area contributed by atoms with Crippen LogP contribution in [0, 0.1) is 0 Å². The first kappa shape index (κ1) is 10.7. The molecule has 2 heteroatoms. The highest BCUT2D eigenvalue weighted by molar-refractivity contribution is 6.17. The molecular formula is C9H15ClO. The molecule has 0 bridgehead atoms. The molecule has 11 heavy (non-hydrogen) atoms. The fourth-order valence-electron chi connectivity index (χ4n) is 0.862. The third-order valence-corrected chi connectivity index (χ3v) is 1.74. The Bertz CT molecular complexity index is 110. The molecule has 0 amide bonds. The molecule has 0 aromatic heterocycles. The van der Waals surface area contributed by atoms with Gasteiger partial charge in [0.25, 0.3) is 0 Å². The molecule has 1 nitrogen and oxygen atoms in total. The molecule has 0 aliphatic carbocycles. The normalized spacial score (nSPS) is 10.6. The summed E-state index contributed by atoms with van der Waals surface area (Å²) in [6.45, 7) is 0. The molecule has 0 aliphatic rings. The number of carbonyl (C=O) groups is 1. The summed E-state index contributed by atoms with van der Waals surface area (Å²) in [6, 6.07) is 0. The summed E-state index contributed by atoms with van der Waals surface area (Å²) < 4.78 is 0. The highest BCUT2D eigenvalue weighted by Crippen LogP contribution is 2.03. The zero-order chi connectivity index (χ0) is 8.36. The average Bonchev–Trinajstić information content (AvgIpc) is 2.03. The van der Waals surface area contributed by atoms with Gasteiger partial charge in [-0.2, -0.15) is 0 Å². The number of rotatable bonds is 7. The Morgan fingerprint density at radius 1 is 1.09 bits per heavy atom. The van der Waals surface area contributed by atoms with E-state index in [9.17, 15) is 4.79 Å². The minimum Gasteiger partial charge on any atom is -0.299 e. The van der Waals surface area contributed by atoms with Crippen LogP contribution >= 0.6 is 11.6 Å². The van der Waals surface area contributed by atoms with Gasteiger partial charge in [-0.05, 0) is 25.3 Å². The van der Waals surface area contributed by atoms with Crippen molar-refractivity contribution >= 4 is 17.9 Å². The molecule has 0 aromatic carbocycles. The molecule has 0 rings (SSSR count). The number of allylic oxidation sites excluding steroid dienone is 2. The van der Waals surface area contributed by atoms with Crippen LogP contribution in [-0.4, -0.2) is 12.2 Å². The van der Waals surface area contributed by atoms with Crippen LogP contribution in [0.1, 0.15) is 32.1 Å². The first-order valence-electron chi connectivity index (χ1n) is 4.08. The van der Waals surface area contributed by atoms with Gasteiger partial charge in [0.15, 0.2) is 0 Å². The largest absolute Gasteiger partial charge is 0.299 e.